The van der Waals surface area contributed by atoms with Gasteiger partial charge in [-0.05, 0) is 55.9 Å². The second kappa shape index (κ2) is 9.79. The summed E-state index contributed by atoms with van der Waals surface area (Å²) in [6.07, 6.45) is -3.30. The topological polar surface area (TPSA) is 69.7 Å². The van der Waals surface area contributed by atoms with Crippen LogP contribution >= 0.6 is 0 Å². The van der Waals surface area contributed by atoms with E-state index in [4.69, 9.17) is 0 Å². The molecule has 6 nitrogen and oxygen atoms in total. The van der Waals surface area contributed by atoms with E-state index in [1.165, 1.54) is 10.4 Å². The highest BCUT2D eigenvalue weighted by Gasteiger charge is 2.54. The average Bonchev–Trinajstić information content (AvgIpc) is 3.08. The number of nitrogens with one attached hydrogen (secondary N) is 1. The van der Waals surface area contributed by atoms with Crippen molar-refractivity contribution >= 4 is 15.9 Å². The fraction of sp³-hybridized carbons (Fsp3) is 0.500. The smallest absolute Gasteiger partial charge is 0.316 e. The maximum atomic E-state index is 13.6. The summed E-state index contributed by atoms with van der Waals surface area (Å²) in [6, 6.07) is 12.9. The zero-order valence-corrected chi connectivity index (χ0v) is 21.4. The standard InChI is InChI=1S/C26H32F3N3O3S/c1-18(2)16-23-24(33)32(19(3)20-8-5-4-6-9-20)25(30-23)12-14-31(15-13-25)36(34,35)22-11-7-10-21(17-22)26(27,28)29/h4-11,17-19,23,30H,12-16H2,1-3H3/t19-,23+/m1/s1. The van der Waals surface area contributed by atoms with Crippen molar-refractivity contribution in [2.24, 2.45) is 5.92 Å². The predicted octanol–water partition coefficient (Wildman–Crippen LogP) is 4.79. The van der Waals surface area contributed by atoms with Crippen LogP contribution in [-0.4, -0.2) is 48.3 Å². The zero-order valence-electron chi connectivity index (χ0n) is 20.6. The highest BCUT2D eigenvalue weighted by molar-refractivity contribution is 7.89. The van der Waals surface area contributed by atoms with Gasteiger partial charge in [0.2, 0.25) is 15.9 Å². The molecule has 2 aromatic rings. The van der Waals surface area contributed by atoms with Gasteiger partial charge >= 0.3 is 6.18 Å². The van der Waals surface area contributed by atoms with Crippen molar-refractivity contribution in [2.45, 2.75) is 68.9 Å². The highest BCUT2D eigenvalue weighted by atomic mass is 32.2. The molecule has 0 saturated carbocycles. The number of hydrogen-bond acceptors (Lipinski definition) is 4. The Morgan fingerprint density at radius 3 is 2.25 bits per heavy atom. The molecular weight excluding hydrogens is 491 g/mol. The molecule has 0 radical (unpaired) electrons. The number of halogens is 3. The molecule has 2 aliphatic heterocycles. The predicted molar refractivity (Wildman–Crippen MR) is 130 cm³/mol. The second-order valence-corrected chi connectivity index (χ2v) is 12.0. The molecule has 2 atom stereocenters. The number of hydrogen-bond donors (Lipinski definition) is 1. The minimum atomic E-state index is -4.63. The van der Waals surface area contributed by atoms with E-state index in [-0.39, 0.29) is 41.9 Å². The molecule has 0 unspecified atom stereocenters. The third-order valence-electron chi connectivity index (χ3n) is 7.16. The van der Waals surface area contributed by atoms with Gasteiger partial charge in [0.05, 0.1) is 28.2 Å². The molecule has 2 heterocycles. The lowest BCUT2D eigenvalue weighted by Crippen LogP contribution is -2.60. The van der Waals surface area contributed by atoms with E-state index in [0.29, 0.717) is 25.3 Å². The van der Waals surface area contributed by atoms with Crippen LogP contribution in [0.3, 0.4) is 0 Å². The Morgan fingerprint density at radius 1 is 1.03 bits per heavy atom. The largest absolute Gasteiger partial charge is 0.416 e. The molecule has 2 aliphatic rings. The fourth-order valence-corrected chi connectivity index (χ4v) is 6.86. The lowest BCUT2D eigenvalue weighted by atomic mass is 9.94. The van der Waals surface area contributed by atoms with Crippen LogP contribution in [0, 0.1) is 5.92 Å². The van der Waals surface area contributed by atoms with E-state index >= 15 is 0 Å². The van der Waals surface area contributed by atoms with Crippen LogP contribution in [0.25, 0.3) is 0 Å². The van der Waals surface area contributed by atoms with Gasteiger partial charge in [0.1, 0.15) is 0 Å². The first-order chi connectivity index (χ1) is 16.8. The summed E-state index contributed by atoms with van der Waals surface area (Å²) in [7, 11) is -4.12. The minimum Gasteiger partial charge on any atom is -0.316 e. The van der Waals surface area contributed by atoms with Gasteiger partial charge in [0.25, 0.3) is 0 Å². The quantitative estimate of drug-likeness (QED) is 0.591. The van der Waals surface area contributed by atoms with Crippen LogP contribution in [0.2, 0.25) is 0 Å². The number of amides is 1. The second-order valence-electron chi connectivity index (χ2n) is 10.1. The van der Waals surface area contributed by atoms with E-state index in [1.807, 2.05) is 42.2 Å². The number of carbonyl (C=O) groups excluding carboxylic acids is 1. The van der Waals surface area contributed by atoms with Gasteiger partial charge in [-0.15, -0.1) is 0 Å². The number of benzene rings is 2. The SMILES string of the molecule is CC(C)C[C@@H]1NC2(CCN(S(=O)(=O)c3cccc(C(F)(F)F)c3)CC2)N([C@H](C)c2ccccc2)C1=O. The molecule has 10 heteroatoms. The number of alkyl halides is 3. The Bertz CT molecular complexity index is 1190. The first-order valence-corrected chi connectivity index (χ1v) is 13.6. The highest BCUT2D eigenvalue weighted by Crippen LogP contribution is 2.41. The molecule has 196 valence electrons. The number of sulfonamides is 1. The Hall–Kier alpha value is -2.43. The van der Waals surface area contributed by atoms with Crippen molar-refractivity contribution in [3.8, 4) is 0 Å². The van der Waals surface area contributed by atoms with Gasteiger partial charge in [-0.2, -0.15) is 17.5 Å². The summed E-state index contributed by atoms with van der Waals surface area (Å²) in [5.41, 5.74) is -0.748. The molecule has 4 rings (SSSR count). The third-order valence-corrected chi connectivity index (χ3v) is 9.06. The van der Waals surface area contributed by atoms with Crippen LogP contribution in [0.4, 0.5) is 13.2 Å². The Balaban J connectivity index is 1.60. The maximum Gasteiger partial charge on any atom is 0.416 e. The van der Waals surface area contributed by atoms with Crippen LogP contribution in [0.5, 0.6) is 0 Å². The van der Waals surface area contributed by atoms with Gasteiger partial charge in [0, 0.05) is 13.1 Å². The summed E-state index contributed by atoms with van der Waals surface area (Å²) >= 11 is 0. The molecule has 1 N–H and O–H groups in total. The normalized spacial score (nSPS) is 21.9. The van der Waals surface area contributed by atoms with E-state index in [9.17, 15) is 26.4 Å². The number of carbonyl (C=O) groups is 1. The van der Waals surface area contributed by atoms with Crippen molar-refractivity contribution in [1.82, 2.24) is 14.5 Å². The minimum absolute atomic E-state index is 0.00533. The monoisotopic (exact) mass is 523 g/mol. The fourth-order valence-electron chi connectivity index (χ4n) is 5.37. The summed E-state index contributed by atoms with van der Waals surface area (Å²) in [5.74, 6) is 0.283. The van der Waals surface area contributed by atoms with Crippen molar-refractivity contribution in [1.29, 1.82) is 0 Å². The van der Waals surface area contributed by atoms with Crippen LogP contribution < -0.4 is 5.32 Å². The molecule has 1 amide bonds. The van der Waals surface area contributed by atoms with E-state index in [0.717, 1.165) is 17.7 Å². The Labute approximate surface area is 210 Å². The lowest BCUT2D eigenvalue weighted by molar-refractivity contribution is -0.138. The zero-order chi connectivity index (χ0) is 26.3. The molecule has 0 aromatic heterocycles. The third kappa shape index (κ3) is 5.03. The van der Waals surface area contributed by atoms with Gasteiger partial charge in [-0.25, -0.2) is 8.42 Å². The summed E-state index contributed by atoms with van der Waals surface area (Å²) in [6.45, 7) is 6.25. The van der Waals surface area contributed by atoms with Crippen LogP contribution in [-0.2, 0) is 21.0 Å². The van der Waals surface area contributed by atoms with E-state index in [2.05, 4.69) is 19.2 Å². The molecule has 2 fully saturated rings. The average molecular weight is 524 g/mol. The van der Waals surface area contributed by atoms with E-state index < -0.39 is 27.4 Å². The van der Waals surface area contributed by atoms with Crippen molar-refractivity contribution in [3.63, 3.8) is 0 Å². The molecule has 2 aromatic carbocycles. The molecular formula is C26H32F3N3O3S. The van der Waals surface area contributed by atoms with Crippen LogP contribution in [0.15, 0.2) is 59.5 Å². The van der Waals surface area contributed by atoms with Crippen molar-refractivity contribution in [3.05, 3.63) is 65.7 Å². The van der Waals surface area contributed by atoms with E-state index in [1.54, 1.807) is 0 Å². The van der Waals surface area contributed by atoms with Crippen molar-refractivity contribution in [2.75, 3.05) is 13.1 Å². The molecule has 2 saturated heterocycles. The maximum absolute atomic E-state index is 13.6. The number of nitrogens with zero attached hydrogens (tertiary/aromatic N) is 2. The molecule has 0 aliphatic carbocycles. The summed E-state index contributed by atoms with van der Waals surface area (Å²) < 4.78 is 67.2. The van der Waals surface area contributed by atoms with Crippen molar-refractivity contribution < 1.29 is 26.4 Å². The number of rotatable bonds is 6. The molecule has 0 bridgehead atoms. The van der Waals surface area contributed by atoms with Gasteiger partial charge in [0.15, 0.2) is 0 Å². The lowest BCUT2D eigenvalue weighted by Gasteiger charge is -2.46. The van der Waals surface area contributed by atoms with Gasteiger partial charge < -0.3 is 4.90 Å². The van der Waals surface area contributed by atoms with Crippen LogP contribution in [0.1, 0.15) is 57.2 Å². The first-order valence-electron chi connectivity index (χ1n) is 12.2. The van der Waals surface area contributed by atoms with Gasteiger partial charge in [-0.1, -0.05) is 50.2 Å². The Kier molecular flexibility index (Phi) is 7.24. The number of piperidine rings is 1. The summed E-state index contributed by atoms with van der Waals surface area (Å²) in [4.78, 5) is 15.1. The summed E-state index contributed by atoms with van der Waals surface area (Å²) in [5, 5.41) is 3.54. The first kappa shape index (κ1) is 26.6. The van der Waals surface area contributed by atoms with Gasteiger partial charge in [-0.3, -0.25) is 10.1 Å². The Morgan fingerprint density at radius 2 is 1.67 bits per heavy atom. The molecule has 1 spiro atoms. The molecule has 36 heavy (non-hydrogen) atoms.